The molecule has 1 N–H and O–H groups in total. The van der Waals surface area contributed by atoms with Crippen LogP contribution in [-0.4, -0.2) is 11.5 Å². The van der Waals surface area contributed by atoms with Gasteiger partial charge in [0.05, 0.1) is 0 Å². The van der Waals surface area contributed by atoms with Gasteiger partial charge in [0.2, 0.25) is 0 Å². The van der Waals surface area contributed by atoms with E-state index in [1.165, 1.54) is 11.1 Å². The van der Waals surface area contributed by atoms with Gasteiger partial charge in [0, 0.05) is 29.9 Å². The highest BCUT2D eigenvalue weighted by Crippen LogP contribution is 2.19. The van der Waals surface area contributed by atoms with Crippen LogP contribution < -0.4 is 5.32 Å². The maximum Gasteiger partial charge on any atom is 0.0453 e. The highest BCUT2D eigenvalue weighted by atomic mass is 35.5. The van der Waals surface area contributed by atoms with E-state index in [-0.39, 0.29) is 0 Å². The maximum absolute atomic E-state index is 6.36. The maximum atomic E-state index is 6.36. The predicted molar refractivity (Wildman–Crippen MR) is 89.9 cm³/mol. The van der Waals surface area contributed by atoms with Gasteiger partial charge in [0.1, 0.15) is 0 Å². The van der Waals surface area contributed by atoms with E-state index in [1.807, 2.05) is 6.20 Å². The molecule has 3 heteroatoms. The second kappa shape index (κ2) is 8.16. The second-order valence-corrected chi connectivity index (χ2v) is 5.70. The summed E-state index contributed by atoms with van der Waals surface area (Å²) in [6.45, 7) is 6.15. The first-order valence-corrected chi connectivity index (χ1v) is 8.02. The number of aryl methyl sites for hydroxylation is 1. The molecule has 112 valence electrons. The summed E-state index contributed by atoms with van der Waals surface area (Å²) in [6.07, 6.45) is 4.94. The molecule has 2 aromatic rings. The van der Waals surface area contributed by atoms with Gasteiger partial charge in [-0.2, -0.15) is 0 Å². The van der Waals surface area contributed by atoms with E-state index in [0.717, 1.165) is 48.6 Å². The van der Waals surface area contributed by atoms with Crippen LogP contribution in [0.5, 0.6) is 0 Å². The number of hydrogen-bond acceptors (Lipinski definition) is 2. The van der Waals surface area contributed by atoms with E-state index in [0.29, 0.717) is 0 Å². The quantitative estimate of drug-likeness (QED) is 0.767. The zero-order chi connectivity index (χ0) is 15.1. The van der Waals surface area contributed by atoms with Crippen LogP contribution >= 0.6 is 11.6 Å². The number of rotatable bonds is 7. The summed E-state index contributed by atoms with van der Waals surface area (Å²) in [5.41, 5.74) is 4.72. The topological polar surface area (TPSA) is 24.9 Å². The van der Waals surface area contributed by atoms with E-state index in [9.17, 15) is 0 Å². The molecule has 1 aromatic carbocycles. The van der Waals surface area contributed by atoms with Crippen LogP contribution in [0.3, 0.4) is 0 Å². The van der Waals surface area contributed by atoms with Gasteiger partial charge in [0.25, 0.3) is 0 Å². The van der Waals surface area contributed by atoms with Crippen molar-refractivity contribution in [2.45, 2.75) is 39.7 Å². The van der Waals surface area contributed by atoms with Gasteiger partial charge in [0.15, 0.2) is 0 Å². The molecule has 0 saturated carbocycles. The van der Waals surface area contributed by atoms with Gasteiger partial charge in [-0.15, -0.1) is 0 Å². The molecule has 21 heavy (non-hydrogen) atoms. The summed E-state index contributed by atoms with van der Waals surface area (Å²) >= 11 is 6.36. The number of pyridine rings is 1. The van der Waals surface area contributed by atoms with Gasteiger partial charge < -0.3 is 5.32 Å². The number of hydrogen-bond donors (Lipinski definition) is 1. The molecular formula is C18H23ClN2. The molecule has 2 rings (SSSR count). The SMILES string of the molecule is CCCNCc1ccc(Cc2ccc(CC)cn2)cc1Cl. The number of benzene rings is 1. The third-order valence-electron chi connectivity index (χ3n) is 3.54. The van der Waals surface area contributed by atoms with Crippen LogP contribution in [0, 0.1) is 0 Å². The predicted octanol–water partition coefficient (Wildman–Crippen LogP) is 4.39. The fourth-order valence-electron chi connectivity index (χ4n) is 2.22. The van der Waals surface area contributed by atoms with Crippen molar-refractivity contribution >= 4 is 11.6 Å². The Labute approximate surface area is 132 Å². The van der Waals surface area contributed by atoms with Crippen molar-refractivity contribution in [3.8, 4) is 0 Å². The third-order valence-corrected chi connectivity index (χ3v) is 3.89. The van der Waals surface area contributed by atoms with Crippen LogP contribution in [0.25, 0.3) is 0 Å². The van der Waals surface area contributed by atoms with Crippen molar-refractivity contribution in [2.75, 3.05) is 6.54 Å². The van der Waals surface area contributed by atoms with E-state index >= 15 is 0 Å². The number of nitrogens with one attached hydrogen (secondary N) is 1. The second-order valence-electron chi connectivity index (χ2n) is 5.29. The minimum atomic E-state index is 0.826. The Hall–Kier alpha value is -1.38. The summed E-state index contributed by atoms with van der Waals surface area (Å²) in [6, 6.07) is 10.6. The summed E-state index contributed by atoms with van der Waals surface area (Å²) in [7, 11) is 0. The fraction of sp³-hybridized carbons (Fsp3) is 0.389. The zero-order valence-corrected chi connectivity index (χ0v) is 13.6. The van der Waals surface area contributed by atoms with E-state index in [1.54, 1.807) is 0 Å². The molecule has 0 bridgehead atoms. The Kier molecular flexibility index (Phi) is 6.21. The third kappa shape index (κ3) is 4.83. The average Bonchev–Trinajstić information content (AvgIpc) is 2.50. The molecule has 0 spiro atoms. The van der Waals surface area contributed by atoms with Crippen LogP contribution in [0.4, 0.5) is 0 Å². The van der Waals surface area contributed by atoms with E-state index in [2.05, 4.69) is 54.5 Å². The van der Waals surface area contributed by atoms with Gasteiger partial charge in [-0.3, -0.25) is 4.98 Å². The molecule has 0 unspecified atom stereocenters. The van der Waals surface area contributed by atoms with Crippen molar-refractivity contribution in [2.24, 2.45) is 0 Å². The van der Waals surface area contributed by atoms with Crippen molar-refractivity contribution in [3.63, 3.8) is 0 Å². The standard InChI is InChI=1S/C18H23ClN2/c1-3-9-20-13-16-7-5-15(11-18(16)19)10-17-8-6-14(4-2)12-21-17/h5-8,11-12,20H,3-4,9-10,13H2,1-2H3. The van der Waals surface area contributed by atoms with Crippen molar-refractivity contribution in [1.82, 2.24) is 10.3 Å². The molecule has 0 fully saturated rings. The first kappa shape index (κ1) is 16.0. The van der Waals surface area contributed by atoms with Gasteiger partial charge >= 0.3 is 0 Å². The molecule has 0 aliphatic heterocycles. The first-order chi connectivity index (χ1) is 10.2. The molecule has 0 aliphatic rings. The molecule has 0 amide bonds. The molecule has 0 saturated heterocycles. The summed E-state index contributed by atoms with van der Waals surface area (Å²) in [4.78, 5) is 4.50. The van der Waals surface area contributed by atoms with E-state index < -0.39 is 0 Å². The lowest BCUT2D eigenvalue weighted by Crippen LogP contribution is -2.14. The lowest BCUT2D eigenvalue weighted by Gasteiger charge is -2.08. The minimum absolute atomic E-state index is 0.826. The van der Waals surface area contributed by atoms with Crippen LogP contribution in [0.1, 0.15) is 42.7 Å². The Balaban J connectivity index is 2.01. The zero-order valence-electron chi connectivity index (χ0n) is 12.8. The van der Waals surface area contributed by atoms with Crippen molar-refractivity contribution in [3.05, 3.63) is 63.9 Å². The highest BCUT2D eigenvalue weighted by molar-refractivity contribution is 6.31. The molecule has 0 radical (unpaired) electrons. The van der Waals surface area contributed by atoms with Crippen molar-refractivity contribution < 1.29 is 0 Å². The van der Waals surface area contributed by atoms with Crippen molar-refractivity contribution in [1.29, 1.82) is 0 Å². The summed E-state index contributed by atoms with van der Waals surface area (Å²) < 4.78 is 0. The average molecular weight is 303 g/mol. The first-order valence-electron chi connectivity index (χ1n) is 7.64. The van der Waals surface area contributed by atoms with Crippen LogP contribution in [-0.2, 0) is 19.4 Å². The molecule has 1 heterocycles. The Morgan fingerprint density at radius 3 is 2.52 bits per heavy atom. The Morgan fingerprint density at radius 1 is 1.10 bits per heavy atom. The smallest absolute Gasteiger partial charge is 0.0453 e. The lowest BCUT2D eigenvalue weighted by molar-refractivity contribution is 0.675. The molecular weight excluding hydrogens is 280 g/mol. The molecule has 1 aromatic heterocycles. The Morgan fingerprint density at radius 2 is 1.90 bits per heavy atom. The van der Waals surface area contributed by atoms with Gasteiger partial charge in [-0.1, -0.05) is 43.6 Å². The minimum Gasteiger partial charge on any atom is -0.313 e. The van der Waals surface area contributed by atoms with Gasteiger partial charge in [-0.25, -0.2) is 0 Å². The summed E-state index contributed by atoms with van der Waals surface area (Å²) in [5, 5.41) is 4.21. The molecule has 2 nitrogen and oxygen atoms in total. The normalized spacial score (nSPS) is 10.8. The largest absolute Gasteiger partial charge is 0.313 e. The molecule has 0 atom stereocenters. The van der Waals surface area contributed by atoms with E-state index in [4.69, 9.17) is 11.6 Å². The summed E-state index contributed by atoms with van der Waals surface area (Å²) in [5.74, 6) is 0. The Bertz CT molecular complexity index is 564. The van der Waals surface area contributed by atoms with Crippen LogP contribution in [0.2, 0.25) is 5.02 Å². The number of nitrogens with zero attached hydrogens (tertiary/aromatic N) is 1. The number of halogens is 1. The number of aromatic nitrogens is 1. The highest BCUT2D eigenvalue weighted by Gasteiger charge is 2.04. The van der Waals surface area contributed by atoms with Crippen LogP contribution in [0.15, 0.2) is 36.5 Å². The monoisotopic (exact) mass is 302 g/mol. The lowest BCUT2D eigenvalue weighted by atomic mass is 10.1. The molecule has 0 aliphatic carbocycles. The van der Waals surface area contributed by atoms with Gasteiger partial charge in [-0.05, 0) is 48.2 Å². The fourth-order valence-corrected chi connectivity index (χ4v) is 2.49.